The highest BCUT2D eigenvalue weighted by Gasteiger charge is 2.06. The summed E-state index contributed by atoms with van der Waals surface area (Å²) in [6.07, 6.45) is 1.46. The first kappa shape index (κ1) is 11.4. The van der Waals surface area contributed by atoms with Crippen LogP contribution in [-0.2, 0) is 0 Å². The number of nitrogens with one attached hydrogen (secondary N) is 2. The van der Waals surface area contributed by atoms with Crippen molar-refractivity contribution in [1.29, 1.82) is 0 Å². The Morgan fingerprint density at radius 2 is 2.33 bits per heavy atom. The van der Waals surface area contributed by atoms with Gasteiger partial charge in [0.15, 0.2) is 6.20 Å². The van der Waals surface area contributed by atoms with E-state index in [-0.39, 0.29) is 5.82 Å². The average Bonchev–Trinajstić information content (AvgIpc) is 2.26. The number of hydrogen-bond acceptors (Lipinski definition) is 5. The fourth-order valence-electron chi connectivity index (χ4n) is 0.972. The zero-order valence-corrected chi connectivity index (χ0v) is 8.73. The molecular formula is C9H14N4O2. The summed E-state index contributed by atoms with van der Waals surface area (Å²) in [5, 5.41) is 16.5. The van der Waals surface area contributed by atoms with Crippen molar-refractivity contribution in [3.63, 3.8) is 0 Å². The molecule has 0 aromatic carbocycles. The Bertz CT molecular complexity index is 325. The lowest BCUT2D eigenvalue weighted by Gasteiger charge is -2.11. The van der Waals surface area contributed by atoms with Gasteiger partial charge in [-0.2, -0.15) is 0 Å². The summed E-state index contributed by atoms with van der Waals surface area (Å²) in [7, 11) is 1.88. The lowest BCUT2D eigenvalue weighted by Crippen LogP contribution is -2.29. The standard InChI is InChI=1S/C9H14N4O2/c1-7(10-2)5-11-8-3-4-9(12-6-8)13(14)15/h3-4,6-7,10-11H,5H2,1-2H3. The van der Waals surface area contributed by atoms with E-state index >= 15 is 0 Å². The van der Waals surface area contributed by atoms with Gasteiger partial charge >= 0.3 is 5.82 Å². The molecule has 0 radical (unpaired) electrons. The van der Waals surface area contributed by atoms with Crippen molar-refractivity contribution < 1.29 is 4.92 Å². The molecule has 0 aliphatic rings. The number of anilines is 1. The molecule has 0 bridgehead atoms. The van der Waals surface area contributed by atoms with Crippen LogP contribution in [0, 0.1) is 10.1 Å². The van der Waals surface area contributed by atoms with Gasteiger partial charge < -0.3 is 20.7 Å². The molecule has 1 rings (SSSR count). The zero-order valence-electron chi connectivity index (χ0n) is 8.73. The number of rotatable bonds is 5. The van der Waals surface area contributed by atoms with Crippen LogP contribution < -0.4 is 10.6 Å². The van der Waals surface area contributed by atoms with Crippen LogP contribution >= 0.6 is 0 Å². The maximum atomic E-state index is 10.3. The Kier molecular flexibility index (Phi) is 3.99. The van der Waals surface area contributed by atoms with Crippen molar-refractivity contribution >= 4 is 11.5 Å². The number of nitro groups is 1. The van der Waals surface area contributed by atoms with E-state index in [9.17, 15) is 10.1 Å². The zero-order chi connectivity index (χ0) is 11.3. The maximum Gasteiger partial charge on any atom is 0.363 e. The molecule has 0 fully saturated rings. The fraction of sp³-hybridized carbons (Fsp3) is 0.444. The van der Waals surface area contributed by atoms with Gasteiger partial charge in [0.25, 0.3) is 0 Å². The van der Waals surface area contributed by atoms with Crippen molar-refractivity contribution in [3.8, 4) is 0 Å². The first-order chi connectivity index (χ1) is 7.13. The first-order valence-corrected chi connectivity index (χ1v) is 4.65. The minimum atomic E-state index is -0.514. The van der Waals surface area contributed by atoms with Gasteiger partial charge in [-0.1, -0.05) is 0 Å². The summed E-state index contributed by atoms with van der Waals surface area (Å²) in [6.45, 7) is 2.78. The van der Waals surface area contributed by atoms with Crippen LogP contribution in [0.15, 0.2) is 18.3 Å². The predicted octanol–water partition coefficient (Wildman–Crippen LogP) is 1.01. The minimum Gasteiger partial charge on any atom is -0.380 e. The molecule has 1 atom stereocenters. The molecule has 1 aromatic rings. The maximum absolute atomic E-state index is 10.3. The summed E-state index contributed by atoms with van der Waals surface area (Å²) in [6, 6.07) is 3.36. The van der Waals surface area contributed by atoms with E-state index in [4.69, 9.17) is 0 Å². The second kappa shape index (κ2) is 5.26. The van der Waals surface area contributed by atoms with Gasteiger partial charge in [-0.3, -0.25) is 0 Å². The quantitative estimate of drug-likeness (QED) is 0.560. The Morgan fingerprint density at radius 1 is 1.60 bits per heavy atom. The molecule has 1 unspecified atom stereocenters. The summed E-state index contributed by atoms with van der Waals surface area (Å²) in [4.78, 5) is 13.5. The van der Waals surface area contributed by atoms with Gasteiger partial charge in [0, 0.05) is 18.7 Å². The molecule has 6 nitrogen and oxygen atoms in total. The lowest BCUT2D eigenvalue weighted by atomic mass is 10.3. The van der Waals surface area contributed by atoms with Gasteiger partial charge in [0.1, 0.15) is 0 Å². The SMILES string of the molecule is CNC(C)CNc1ccc([N+](=O)[O-])nc1. The van der Waals surface area contributed by atoms with E-state index in [1.807, 2.05) is 14.0 Å². The number of aromatic nitrogens is 1. The van der Waals surface area contributed by atoms with Crippen LogP contribution in [-0.4, -0.2) is 29.5 Å². The first-order valence-electron chi connectivity index (χ1n) is 4.65. The summed E-state index contributed by atoms with van der Waals surface area (Å²) in [5.74, 6) is -0.137. The molecule has 0 spiro atoms. The topological polar surface area (TPSA) is 80.1 Å². The minimum absolute atomic E-state index is 0.137. The highest BCUT2D eigenvalue weighted by atomic mass is 16.6. The van der Waals surface area contributed by atoms with Crippen LogP contribution in [0.3, 0.4) is 0 Å². The van der Waals surface area contributed by atoms with E-state index in [0.717, 1.165) is 12.2 Å². The van der Waals surface area contributed by atoms with Crippen LogP contribution in [0.4, 0.5) is 11.5 Å². The third-order valence-corrected chi connectivity index (χ3v) is 2.04. The second-order valence-electron chi connectivity index (χ2n) is 3.23. The molecule has 0 saturated carbocycles. The van der Waals surface area contributed by atoms with Crippen LogP contribution in [0.25, 0.3) is 0 Å². The van der Waals surface area contributed by atoms with Crippen molar-refractivity contribution in [2.75, 3.05) is 18.9 Å². The number of hydrogen-bond donors (Lipinski definition) is 2. The summed E-state index contributed by atoms with van der Waals surface area (Å²) in [5.41, 5.74) is 0.780. The molecule has 1 heterocycles. The number of likely N-dealkylation sites (N-methyl/N-ethyl adjacent to an activating group) is 1. The van der Waals surface area contributed by atoms with Crippen molar-refractivity contribution in [2.45, 2.75) is 13.0 Å². The molecule has 0 saturated heterocycles. The van der Waals surface area contributed by atoms with Crippen LogP contribution in [0.1, 0.15) is 6.92 Å². The fourth-order valence-corrected chi connectivity index (χ4v) is 0.972. The average molecular weight is 210 g/mol. The third kappa shape index (κ3) is 3.51. The van der Waals surface area contributed by atoms with E-state index < -0.39 is 4.92 Å². The molecule has 15 heavy (non-hydrogen) atoms. The van der Waals surface area contributed by atoms with E-state index in [0.29, 0.717) is 6.04 Å². The highest BCUT2D eigenvalue weighted by molar-refractivity contribution is 5.43. The lowest BCUT2D eigenvalue weighted by molar-refractivity contribution is -0.389. The Balaban J connectivity index is 2.53. The van der Waals surface area contributed by atoms with E-state index in [1.165, 1.54) is 12.3 Å². The molecule has 2 N–H and O–H groups in total. The molecule has 82 valence electrons. The molecular weight excluding hydrogens is 196 g/mol. The van der Waals surface area contributed by atoms with Gasteiger partial charge in [-0.25, -0.2) is 0 Å². The van der Waals surface area contributed by atoms with Gasteiger partial charge in [-0.05, 0) is 29.9 Å². The van der Waals surface area contributed by atoms with Crippen molar-refractivity contribution in [1.82, 2.24) is 10.3 Å². The molecule has 0 aliphatic carbocycles. The molecule has 0 aliphatic heterocycles. The van der Waals surface area contributed by atoms with Gasteiger partial charge in [0.05, 0.1) is 5.69 Å². The monoisotopic (exact) mass is 210 g/mol. The Hall–Kier alpha value is -1.69. The van der Waals surface area contributed by atoms with E-state index in [1.54, 1.807) is 6.07 Å². The number of pyridine rings is 1. The summed E-state index contributed by atoms with van der Waals surface area (Å²) >= 11 is 0. The van der Waals surface area contributed by atoms with Crippen molar-refractivity contribution in [3.05, 3.63) is 28.4 Å². The molecule has 1 aromatic heterocycles. The largest absolute Gasteiger partial charge is 0.380 e. The molecule has 6 heteroatoms. The number of nitrogens with zero attached hydrogens (tertiary/aromatic N) is 2. The van der Waals surface area contributed by atoms with Gasteiger partial charge in [0.2, 0.25) is 0 Å². The van der Waals surface area contributed by atoms with E-state index in [2.05, 4.69) is 15.6 Å². The molecule has 0 amide bonds. The van der Waals surface area contributed by atoms with Gasteiger partial charge in [-0.15, -0.1) is 0 Å². The Labute approximate surface area is 87.9 Å². The van der Waals surface area contributed by atoms with Crippen LogP contribution in [0.5, 0.6) is 0 Å². The third-order valence-electron chi connectivity index (χ3n) is 2.04. The summed E-state index contributed by atoms with van der Waals surface area (Å²) < 4.78 is 0. The highest BCUT2D eigenvalue weighted by Crippen LogP contribution is 2.10. The second-order valence-corrected chi connectivity index (χ2v) is 3.23. The van der Waals surface area contributed by atoms with Crippen LogP contribution in [0.2, 0.25) is 0 Å². The smallest absolute Gasteiger partial charge is 0.363 e. The Morgan fingerprint density at radius 3 is 2.80 bits per heavy atom. The van der Waals surface area contributed by atoms with Crippen molar-refractivity contribution in [2.24, 2.45) is 0 Å². The normalized spacial score (nSPS) is 12.1. The predicted molar refractivity (Wildman–Crippen MR) is 57.9 cm³/mol.